The number of ether oxygens (including phenoxy) is 1. The van der Waals surface area contributed by atoms with E-state index in [4.69, 9.17) is 11.6 Å². The van der Waals surface area contributed by atoms with Crippen LogP contribution in [-0.4, -0.2) is 12.4 Å². The second kappa shape index (κ2) is 4.53. The molecule has 0 N–H and O–H groups in total. The largest absolute Gasteiger partial charge is 0.433 e. The summed E-state index contributed by atoms with van der Waals surface area (Å²) < 4.78 is 40.8. The zero-order valence-corrected chi connectivity index (χ0v) is 8.32. The van der Waals surface area contributed by atoms with Gasteiger partial charge < -0.3 is 4.74 Å². The highest BCUT2D eigenvalue weighted by Crippen LogP contribution is 2.29. The van der Waals surface area contributed by atoms with Crippen molar-refractivity contribution in [2.45, 2.75) is 13.5 Å². The molecule has 0 aliphatic heterocycles. The van der Waals surface area contributed by atoms with Gasteiger partial charge in [0.15, 0.2) is 5.78 Å². The Morgan fingerprint density at radius 2 is 2.07 bits per heavy atom. The molecule has 1 aromatic rings. The maximum atomic E-state index is 13.1. The van der Waals surface area contributed by atoms with Crippen molar-refractivity contribution < 1.29 is 22.7 Å². The van der Waals surface area contributed by atoms with Crippen LogP contribution >= 0.6 is 11.6 Å². The molecule has 1 aromatic carbocycles. The van der Waals surface area contributed by atoms with Gasteiger partial charge in [0.25, 0.3) is 0 Å². The monoisotopic (exact) mass is 238 g/mol. The van der Waals surface area contributed by atoms with Gasteiger partial charge in [-0.3, -0.25) is 4.79 Å². The van der Waals surface area contributed by atoms with Crippen molar-refractivity contribution in [2.24, 2.45) is 0 Å². The zero-order chi connectivity index (χ0) is 11.6. The number of benzene rings is 1. The molecular formula is C9H6ClF3O2. The minimum atomic E-state index is -3.08. The summed E-state index contributed by atoms with van der Waals surface area (Å²) in [6.45, 7) is -1.97. The molecule has 0 heterocycles. The number of carbonyl (C=O) groups is 1. The Balaban J connectivity index is 3.17. The maximum absolute atomic E-state index is 13.1. The number of hydrogen-bond donors (Lipinski definition) is 0. The maximum Gasteiger partial charge on any atom is 0.387 e. The third-order valence-corrected chi connectivity index (χ3v) is 1.91. The molecule has 0 unspecified atom stereocenters. The van der Waals surface area contributed by atoms with Gasteiger partial charge in [0, 0.05) is 0 Å². The first-order valence-electron chi connectivity index (χ1n) is 3.86. The van der Waals surface area contributed by atoms with Crippen LogP contribution in [0.4, 0.5) is 13.2 Å². The lowest BCUT2D eigenvalue weighted by molar-refractivity contribution is -0.0498. The Hall–Kier alpha value is -1.23. The van der Waals surface area contributed by atoms with E-state index in [1.54, 1.807) is 0 Å². The van der Waals surface area contributed by atoms with Crippen LogP contribution in [0.15, 0.2) is 12.1 Å². The van der Waals surface area contributed by atoms with E-state index < -0.39 is 24.0 Å². The predicted molar refractivity (Wildman–Crippen MR) is 48.0 cm³/mol. The van der Waals surface area contributed by atoms with Crippen molar-refractivity contribution in [3.63, 3.8) is 0 Å². The second-order valence-corrected chi connectivity index (χ2v) is 3.10. The van der Waals surface area contributed by atoms with Gasteiger partial charge in [-0.25, -0.2) is 4.39 Å². The van der Waals surface area contributed by atoms with E-state index >= 15 is 0 Å². The summed E-state index contributed by atoms with van der Waals surface area (Å²) in [5.74, 6) is -1.88. The topological polar surface area (TPSA) is 26.3 Å². The molecule has 0 saturated carbocycles. The van der Waals surface area contributed by atoms with Crippen LogP contribution in [0.3, 0.4) is 0 Å². The summed E-state index contributed by atoms with van der Waals surface area (Å²) in [5.41, 5.74) is -0.338. The molecule has 0 amide bonds. The van der Waals surface area contributed by atoms with Gasteiger partial charge in [-0.15, -0.1) is 0 Å². The van der Waals surface area contributed by atoms with Crippen LogP contribution in [0, 0.1) is 5.82 Å². The fraction of sp³-hybridized carbons (Fsp3) is 0.222. The summed E-state index contributed by atoms with van der Waals surface area (Å²) in [6.07, 6.45) is 0. The number of alkyl halides is 2. The molecule has 1 rings (SSSR count). The summed E-state index contributed by atoms with van der Waals surface area (Å²) >= 11 is 5.44. The van der Waals surface area contributed by atoms with Crippen LogP contribution in [-0.2, 0) is 0 Å². The van der Waals surface area contributed by atoms with Gasteiger partial charge in [-0.1, -0.05) is 11.6 Å². The van der Waals surface area contributed by atoms with Crippen molar-refractivity contribution in [3.8, 4) is 5.75 Å². The SMILES string of the molecule is CC(=O)c1cc(OC(F)F)c(Cl)cc1F. The molecule has 0 atom stereocenters. The first-order valence-corrected chi connectivity index (χ1v) is 4.24. The number of halogens is 4. The molecule has 0 aliphatic rings. The summed E-state index contributed by atoms with van der Waals surface area (Å²) in [5, 5.41) is -0.308. The van der Waals surface area contributed by atoms with E-state index in [0.29, 0.717) is 0 Å². The summed E-state index contributed by atoms with van der Waals surface area (Å²) in [6, 6.07) is 1.61. The van der Waals surface area contributed by atoms with Crippen LogP contribution < -0.4 is 4.74 Å². The lowest BCUT2D eigenvalue weighted by atomic mass is 10.1. The Morgan fingerprint density at radius 1 is 1.47 bits per heavy atom. The summed E-state index contributed by atoms with van der Waals surface area (Å²) in [4.78, 5) is 10.9. The third kappa shape index (κ3) is 2.86. The lowest BCUT2D eigenvalue weighted by Gasteiger charge is -2.08. The molecular weight excluding hydrogens is 233 g/mol. The van der Waals surface area contributed by atoms with E-state index in [-0.39, 0.29) is 10.6 Å². The predicted octanol–water partition coefficient (Wildman–Crippen LogP) is 3.28. The van der Waals surface area contributed by atoms with Crippen LogP contribution in [0.2, 0.25) is 5.02 Å². The Kier molecular flexibility index (Phi) is 3.57. The first-order chi connectivity index (χ1) is 6.91. The highest BCUT2D eigenvalue weighted by atomic mass is 35.5. The third-order valence-electron chi connectivity index (χ3n) is 1.62. The molecule has 0 saturated heterocycles. The van der Waals surface area contributed by atoms with Gasteiger partial charge in [-0.2, -0.15) is 8.78 Å². The van der Waals surface area contributed by atoms with Crippen molar-refractivity contribution in [3.05, 3.63) is 28.5 Å². The number of Topliss-reactive ketones (excluding diaryl/α,β-unsaturated/α-hetero) is 1. The number of ketones is 1. The number of rotatable bonds is 3. The van der Waals surface area contributed by atoms with Gasteiger partial charge in [0.2, 0.25) is 0 Å². The minimum absolute atomic E-state index is 0.308. The summed E-state index contributed by atoms with van der Waals surface area (Å²) in [7, 11) is 0. The fourth-order valence-corrected chi connectivity index (χ4v) is 1.18. The Morgan fingerprint density at radius 3 is 2.53 bits per heavy atom. The standard InChI is InChI=1S/C9H6ClF3O2/c1-4(14)5-2-8(15-9(12)13)6(10)3-7(5)11/h2-3,9H,1H3. The average molecular weight is 239 g/mol. The molecule has 15 heavy (non-hydrogen) atoms. The molecule has 6 heteroatoms. The van der Waals surface area contributed by atoms with E-state index in [1.165, 1.54) is 0 Å². The second-order valence-electron chi connectivity index (χ2n) is 2.70. The quantitative estimate of drug-likeness (QED) is 0.756. The molecule has 0 aromatic heterocycles. The van der Waals surface area contributed by atoms with E-state index in [2.05, 4.69) is 4.74 Å². The van der Waals surface area contributed by atoms with Gasteiger partial charge in [0.1, 0.15) is 11.6 Å². The molecule has 82 valence electrons. The highest BCUT2D eigenvalue weighted by molar-refractivity contribution is 6.32. The molecule has 0 fully saturated rings. The number of hydrogen-bond acceptors (Lipinski definition) is 2. The molecule has 0 spiro atoms. The van der Waals surface area contributed by atoms with Crippen LogP contribution in [0.1, 0.15) is 17.3 Å². The van der Waals surface area contributed by atoms with E-state index in [1.807, 2.05) is 0 Å². The Bertz CT molecular complexity index is 393. The molecule has 2 nitrogen and oxygen atoms in total. The van der Waals surface area contributed by atoms with Crippen LogP contribution in [0.25, 0.3) is 0 Å². The molecule has 0 aliphatic carbocycles. The van der Waals surface area contributed by atoms with Crippen molar-refractivity contribution in [1.29, 1.82) is 0 Å². The minimum Gasteiger partial charge on any atom is -0.433 e. The van der Waals surface area contributed by atoms with Crippen molar-refractivity contribution >= 4 is 17.4 Å². The van der Waals surface area contributed by atoms with Gasteiger partial charge in [0.05, 0.1) is 10.6 Å². The van der Waals surface area contributed by atoms with Gasteiger partial charge >= 0.3 is 6.61 Å². The first kappa shape index (κ1) is 11.8. The smallest absolute Gasteiger partial charge is 0.387 e. The normalized spacial score (nSPS) is 10.5. The van der Waals surface area contributed by atoms with Crippen LogP contribution in [0.5, 0.6) is 5.75 Å². The van der Waals surface area contributed by atoms with Gasteiger partial charge in [-0.05, 0) is 19.1 Å². The molecule has 0 radical (unpaired) electrons. The number of carbonyl (C=O) groups excluding carboxylic acids is 1. The molecule has 0 bridgehead atoms. The lowest BCUT2D eigenvalue weighted by Crippen LogP contribution is -2.05. The zero-order valence-electron chi connectivity index (χ0n) is 7.56. The Labute approximate surface area is 88.6 Å². The van der Waals surface area contributed by atoms with E-state index in [9.17, 15) is 18.0 Å². The van der Waals surface area contributed by atoms with Crippen molar-refractivity contribution in [1.82, 2.24) is 0 Å². The highest BCUT2D eigenvalue weighted by Gasteiger charge is 2.15. The van der Waals surface area contributed by atoms with Crippen molar-refractivity contribution in [2.75, 3.05) is 0 Å². The fourth-order valence-electron chi connectivity index (χ4n) is 0.985. The average Bonchev–Trinajstić information content (AvgIpc) is 2.08. The van der Waals surface area contributed by atoms with E-state index in [0.717, 1.165) is 19.1 Å².